The van der Waals surface area contributed by atoms with Gasteiger partial charge in [0, 0.05) is 36.2 Å². The molecule has 2 aromatic rings. The van der Waals surface area contributed by atoms with Crippen molar-refractivity contribution < 1.29 is 9.50 Å². The maximum absolute atomic E-state index is 10.7. The van der Waals surface area contributed by atoms with Crippen LogP contribution in [-0.2, 0) is 12.0 Å². The third-order valence-electron chi connectivity index (χ3n) is 4.67. The highest BCUT2D eigenvalue weighted by Gasteiger charge is 2.42. The zero-order valence-electron chi connectivity index (χ0n) is 13.0. The van der Waals surface area contributed by atoms with Gasteiger partial charge in [0.2, 0.25) is 5.69 Å². The van der Waals surface area contributed by atoms with Gasteiger partial charge in [-0.3, -0.25) is 10.1 Å². The third-order valence-corrected chi connectivity index (χ3v) is 4.67. The minimum Gasteiger partial charge on any atom is -0.258 e. The Balaban J connectivity index is 1.98. The Bertz CT molecular complexity index is 774. The second kappa shape index (κ2) is 5.05. The molecule has 0 amide bonds. The lowest BCUT2D eigenvalue weighted by molar-refractivity contribution is -0.456. The molecule has 4 nitrogen and oxygen atoms in total. The van der Waals surface area contributed by atoms with Gasteiger partial charge < -0.3 is 0 Å². The van der Waals surface area contributed by atoms with Crippen LogP contribution in [0.2, 0.25) is 0 Å². The van der Waals surface area contributed by atoms with Gasteiger partial charge in [0.1, 0.15) is 0 Å². The molecule has 0 fully saturated rings. The van der Waals surface area contributed by atoms with Crippen LogP contribution in [0.25, 0.3) is 0 Å². The van der Waals surface area contributed by atoms with E-state index in [1.54, 1.807) is 12.1 Å². The molecule has 0 aliphatic carbocycles. The number of nitrogens with zero attached hydrogens (tertiary/aromatic N) is 2. The quantitative estimate of drug-likeness (QED) is 0.484. The molecule has 0 saturated carbocycles. The minimum atomic E-state index is -0.366. The van der Waals surface area contributed by atoms with Gasteiger partial charge in [-0.1, -0.05) is 18.2 Å². The Morgan fingerprint density at radius 3 is 2.36 bits per heavy atom. The average Bonchev–Trinajstić information content (AvgIpc) is 2.69. The van der Waals surface area contributed by atoms with Crippen molar-refractivity contribution in [1.29, 1.82) is 0 Å². The molecule has 4 heteroatoms. The summed E-state index contributed by atoms with van der Waals surface area (Å²) in [6.07, 6.45) is 0. The molecule has 0 atom stereocenters. The minimum absolute atomic E-state index is 0.0113. The van der Waals surface area contributed by atoms with Gasteiger partial charge in [-0.05, 0) is 26.0 Å². The van der Waals surface area contributed by atoms with Gasteiger partial charge in [0.05, 0.1) is 10.3 Å². The summed E-state index contributed by atoms with van der Waals surface area (Å²) in [6, 6.07) is 15.2. The van der Waals surface area contributed by atoms with Crippen molar-refractivity contribution in [2.45, 2.75) is 32.7 Å². The first-order valence-corrected chi connectivity index (χ1v) is 7.35. The largest absolute Gasteiger partial charge is 0.269 e. The van der Waals surface area contributed by atoms with Crippen LogP contribution in [0.3, 0.4) is 0 Å². The molecule has 22 heavy (non-hydrogen) atoms. The van der Waals surface area contributed by atoms with E-state index in [4.69, 9.17) is 0 Å². The lowest BCUT2D eigenvalue weighted by Crippen LogP contribution is -2.26. The summed E-state index contributed by atoms with van der Waals surface area (Å²) < 4.78 is 2.30. The van der Waals surface area contributed by atoms with E-state index in [0.717, 1.165) is 12.1 Å². The summed E-state index contributed by atoms with van der Waals surface area (Å²) in [6.45, 7) is 7.35. The number of non-ortho nitro benzene ring substituents is 1. The number of hydrogen-bond acceptors (Lipinski definition) is 2. The zero-order chi connectivity index (χ0) is 15.9. The van der Waals surface area contributed by atoms with E-state index >= 15 is 0 Å². The number of hydrogen-bond donors (Lipinski definition) is 0. The molecule has 3 rings (SSSR count). The SMILES string of the molecule is CC1=[N+](Cc2ccc([N+](=O)[O-])cc2)c2ccccc2C1(C)C. The highest BCUT2D eigenvalue weighted by atomic mass is 16.6. The number of fused-ring (bicyclic) bond motifs is 1. The average molecular weight is 295 g/mol. The molecule has 0 unspecified atom stereocenters. The van der Waals surface area contributed by atoms with Gasteiger partial charge in [0.25, 0.3) is 5.69 Å². The van der Waals surface area contributed by atoms with E-state index in [0.29, 0.717) is 0 Å². The molecule has 2 aromatic carbocycles. The van der Waals surface area contributed by atoms with E-state index in [1.807, 2.05) is 12.1 Å². The van der Waals surface area contributed by atoms with Crippen LogP contribution in [0.5, 0.6) is 0 Å². The van der Waals surface area contributed by atoms with E-state index in [1.165, 1.54) is 17.0 Å². The van der Waals surface area contributed by atoms with E-state index in [2.05, 4.69) is 49.6 Å². The van der Waals surface area contributed by atoms with Crippen LogP contribution in [-0.4, -0.2) is 15.2 Å². The van der Waals surface area contributed by atoms with Gasteiger partial charge >= 0.3 is 0 Å². The molecular formula is C18H19N2O2+. The summed E-state index contributed by atoms with van der Waals surface area (Å²) >= 11 is 0. The molecule has 0 N–H and O–H groups in total. The van der Waals surface area contributed by atoms with Crippen LogP contribution in [0.1, 0.15) is 31.9 Å². The standard InChI is InChI=1S/C18H19N2O2/c1-13-18(2,3)16-6-4-5-7-17(16)19(13)12-14-8-10-15(11-9-14)20(21)22/h4-11H,12H2,1-3H3/q+1. The van der Waals surface area contributed by atoms with Gasteiger partial charge in [-0.25, -0.2) is 0 Å². The predicted molar refractivity (Wildman–Crippen MR) is 86.9 cm³/mol. The van der Waals surface area contributed by atoms with Crippen LogP contribution < -0.4 is 0 Å². The summed E-state index contributed by atoms with van der Waals surface area (Å²) in [7, 11) is 0. The Labute approximate surface area is 129 Å². The van der Waals surface area contributed by atoms with Gasteiger partial charge in [0.15, 0.2) is 12.3 Å². The van der Waals surface area contributed by atoms with Crippen molar-refractivity contribution in [1.82, 2.24) is 0 Å². The zero-order valence-corrected chi connectivity index (χ0v) is 13.0. The normalized spacial score (nSPS) is 15.8. The molecule has 0 aromatic heterocycles. The van der Waals surface area contributed by atoms with Crippen molar-refractivity contribution in [2.75, 3.05) is 0 Å². The lowest BCUT2D eigenvalue weighted by Gasteiger charge is -2.14. The molecule has 1 aliphatic heterocycles. The number of para-hydroxylation sites is 1. The van der Waals surface area contributed by atoms with Gasteiger partial charge in [-0.15, -0.1) is 0 Å². The number of rotatable bonds is 3. The molecule has 0 spiro atoms. The second-order valence-corrected chi connectivity index (χ2v) is 6.24. The van der Waals surface area contributed by atoms with E-state index in [9.17, 15) is 10.1 Å². The summed E-state index contributed by atoms with van der Waals surface area (Å²) in [4.78, 5) is 10.4. The van der Waals surface area contributed by atoms with Crippen molar-refractivity contribution in [3.05, 3.63) is 69.8 Å². The van der Waals surface area contributed by atoms with Crippen LogP contribution in [0.4, 0.5) is 11.4 Å². The fourth-order valence-corrected chi connectivity index (χ4v) is 3.06. The number of nitro groups is 1. The number of benzene rings is 2. The maximum atomic E-state index is 10.7. The van der Waals surface area contributed by atoms with Crippen LogP contribution in [0.15, 0.2) is 48.5 Å². The van der Waals surface area contributed by atoms with Crippen LogP contribution >= 0.6 is 0 Å². The first-order valence-electron chi connectivity index (χ1n) is 7.35. The maximum Gasteiger partial charge on any atom is 0.269 e. The second-order valence-electron chi connectivity index (χ2n) is 6.24. The first-order chi connectivity index (χ1) is 10.4. The topological polar surface area (TPSA) is 46.1 Å². The fraction of sp³-hybridized carbons (Fsp3) is 0.278. The predicted octanol–water partition coefficient (Wildman–Crippen LogP) is 4.19. The lowest BCUT2D eigenvalue weighted by atomic mass is 9.82. The fourth-order valence-electron chi connectivity index (χ4n) is 3.06. The van der Waals surface area contributed by atoms with E-state index in [-0.39, 0.29) is 16.0 Å². The molecule has 1 heterocycles. The van der Waals surface area contributed by atoms with Gasteiger partial charge in [-0.2, -0.15) is 4.58 Å². The Morgan fingerprint density at radius 2 is 1.73 bits per heavy atom. The van der Waals surface area contributed by atoms with Crippen LogP contribution in [0, 0.1) is 10.1 Å². The third kappa shape index (κ3) is 2.21. The Morgan fingerprint density at radius 1 is 1.09 bits per heavy atom. The molecule has 0 saturated heterocycles. The molecule has 112 valence electrons. The van der Waals surface area contributed by atoms with Crippen molar-refractivity contribution >= 4 is 17.1 Å². The molecule has 1 aliphatic rings. The highest BCUT2D eigenvalue weighted by molar-refractivity contribution is 5.93. The summed E-state index contributed by atoms with van der Waals surface area (Å²) in [5.41, 5.74) is 5.06. The molecular weight excluding hydrogens is 276 g/mol. The van der Waals surface area contributed by atoms with E-state index < -0.39 is 0 Å². The molecule has 0 bridgehead atoms. The van der Waals surface area contributed by atoms with Crippen molar-refractivity contribution in [2.24, 2.45) is 0 Å². The number of nitro benzene ring substituents is 1. The summed E-state index contributed by atoms with van der Waals surface area (Å²) in [5.74, 6) is 0. The summed E-state index contributed by atoms with van der Waals surface area (Å²) in [5, 5.41) is 10.7. The Hall–Kier alpha value is -2.49. The molecule has 0 radical (unpaired) electrons. The monoisotopic (exact) mass is 295 g/mol. The van der Waals surface area contributed by atoms with Crippen molar-refractivity contribution in [3.8, 4) is 0 Å². The highest BCUT2D eigenvalue weighted by Crippen LogP contribution is 2.39. The Kier molecular flexibility index (Phi) is 3.32. The van der Waals surface area contributed by atoms with Crippen molar-refractivity contribution in [3.63, 3.8) is 0 Å². The smallest absolute Gasteiger partial charge is 0.258 e. The first kappa shape index (κ1) is 14.4.